The van der Waals surface area contributed by atoms with E-state index in [9.17, 15) is 9.59 Å². The van der Waals surface area contributed by atoms with E-state index in [1.165, 1.54) is 0 Å². The number of ether oxygens (including phenoxy) is 3. The number of benzene rings is 3. The highest BCUT2D eigenvalue weighted by Crippen LogP contribution is 2.52. The van der Waals surface area contributed by atoms with Crippen LogP contribution < -0.4 is 14.2 Å². The maximum absolute atomic E-state index is 12.5. The molecule has 0 amide bonds. The molecule has 6 rings (SSSR count). The number of hydrogen-bond acceptors (Lipinski definition) is 8. The molecule has 0 aliphatic rings. The molecular formula is C33H21I3O8S. The molecule has 0 aliphatic heterocycles. The number of esters is 2. The van der Waals surface area contributed by atoms with Crippen molar-refractivity contribution in [1.82, 2.24) is 0 Å². The topological polar surface area (TPSA) is 101 Å². The third-order valence-electron chi connectivity index (χ3n) is 6.26. The van der Waals surface area contributed by atoms with Crippen LogP contribution in [0.4, 0.5) is 0 Å². The van der Waals surface area contributed by atoms with Crippen LogP contribution in [0.3, 0.4) is 0 Å². The summed E-state index contributed by atoms with van der Waals surface area (Å²) < 4.78 is 35.3. The van der Waals surface area contributed by atoms with Gasteiger partial charge in [-0.2, -0.15) is 10.9 Å². The number of rotatable bonds is 10. The molecule has 0 saturated heterocycles. The Hall–Kier alpha value is -3.22. The van der Waals surface area contributed by atoms with Gasteiger partial charge in [-0.1, -0.05) is 0 Å². The molecule has 0 atom stereocenters. The van der Waals surface area contributed by atoms with Gasteiger partial charge in [0.2, 0.25) is 11.5 Å². The maximum atomic E-state index is 12.5. The Morgan fingerprint density at radius 2 is 0.911 bits per heavy atom. The summed E-state index contributed by atoms with van der Waals surface area (Å²) in [6.45, 7) is 0.325. The van der Waals surface area contributed by atoms with Gasteiger partial charge >= 0.3 is 11.9 Å². The molecule has 8 nitrogen and oxygen atoms in total. The Kier molecular flexibility index (Phi) is 10.2. The van der Waals surface area contributed by atoms with Crippen molar-refractivity contribution in [2.45, 2.75) is 21.3 Å². The monoisotopic (exact) mass is 958 g/mol. The molecule has 45 heavy (non-hydrogen) atoms. The van der Waals surface area contributed by atoms with Crippen molar-refractivity contribution in [2.24, 2.45) is 0 Å². The molecule has 0 saturated carbocycles. The van der Waals surface area contributed by atoms with Gasteiger partial charge < -0.3 is 27.5 Å². The third kappa shape index (κ3) is 8.14. The van der Waals surface area contributed by atoms with Gasteiger partial charge in [-0.05, 0) is 192 Å². The van der Waals surface area contributed by atoms with E-state index in [-0.39, 0.29) is 11.5 Å². The first-order valence-corrected chi connectivity index (χ1v) is 17.8. The van der Waals surface area contributed by atoms with Crippen LogP contribution in [0.5, 0.6) is 17.2 Å². The normalized spacial score (nSPS) is 11.2. The van der Waals surface area contributed by atoms with Crippen molar-refractivity contribution < 1.29 is 37.1 Å². The van der Waals surface area contributed by atoms with E-state index < -0.39 is 22.8 Å². The Labute approximate surface area is 301 Å². The highest BCUT2D eigenvalue weighted by Gasteiger charge is 2.18. The molecule has 0 radical (unpaired) electrons. The predicted octanol–water partition coefficient (Wildman–Crippen LogP) is 9.78. The van der Waals surface area contributed by atoms with Gasteiger partial charge in [-0.3, -0.25) is 0 Å². The summed E-state index contributed by atoms with van der Waals surface area (Å²) in [5, 5.41) is 0. The Morgan fingerprint density at radius 3 is 1.29 bits per heavy atom. The van der Waals surface area contributed by atoms with Crippen LogP contribution >= 0.6 is 78.7 Å². The summed E-state index contributed by atoms with van der Waals surface area (Å²) in [5.41, 5.74) is 0. The number of carbonyl (C=O) groups excluding carboxylic acids is 2. The van der Waals surface area contributed by atoms with E-state index in [1.807, 2.05) is 106 Å². The fourth-order valence-corrected chi connectivity index (χ4v) is 7.74. The number of hydrogen-bond donors (Lipinski definition) is 1. The first-order valence-electron chi connectivity index (χ1n) is 13.2. The lowest BCUT2D eigenvalue weighted by molar-refractivity contribution is 0.0691. The Balaban J connectivity index is 1.23. The summed E-state index contributed by atoms with van der Waals surface area (Å²) >= 11 is 6.11. The molecule has 0 fully saturated rings. The van der Waals surface area contributed by atoms with Crippen LogP contribution in [0.15, 0.2) is 137 Å². The zero-order chi connectivity index (χ0) is 31.3. The standard InChI is InChI=1S/C33H21I3O8S/c34-29-16-7-23(40-29)19-39-20-1-8-24(9-2-20)45(25-10-3-21(4-11-25)41-32(37)27-14-17-30(35)43-27)26-12-5-22(6-13-26)42-33(38)28-15-18-31(36)44-28/h1-18,45H,19H2. The molecule has 0 spiro atoms. The number of halogens is 3. The van der Waals surface area contributed by atoms with Gasteiger partial charge in [0.25, 0.3) is 0 Å². The van der Waals surface area contributed by atoms with Crippen LogP contribution in [0.2, 0.25) is 0 Å². The second-order valence-corrected chi connectivity index (χ2v) is 14.7. The zero-order valence-electron chi connectivity index (χ0n) is 22.9. The van der Waals surface area contributed by atoms with Gasteiger partial charge in [-0.25, -0.2) is 9.59 Å². The van der Waals surface area contributed by atoms with Gasteiger partial charge in [-0.15, -0.1) is 0 Å². The number of furan rings is 3. The molecule has 3 aromatic carbocycles. The first-order chi connectivity index (χ1) is 21.8. The van der Waals surface area contributed by atoms with Crippen LogP contribution in [-0.2, 0) is 6.61 Å². The molecule has 0 bridgehead atoms. The molecule has 3 heterocycles. The minimum atomic E-state index is -1.05. The molecule has 0 N–H and O–H groups in total. The van der Waals surface area contributed by atoms with Gasteiger partial charge in [0.05, 0.1) is 0 Å². The van der Waals surface area contributed by atoms with E-state index in [2.05, 4.69) is 22.6 Å². The maximum Gasteiger partial charge on any atom is 0.379 e. The van der Waals surface area contributed by atoms with Crippen LogP contribution in [-0.4, -0.2) is 11.9 Å². The van der Waals surface area contributed by atoms with E-state index in [4.69, 9.17) is 27.5 Å². The van der Waals surface area contributed by atoms with Crippen molar-refractivity contribution >= 4 is 90.6 Å². The summed E-state index contributed by atoms with van der Waals surface area (Å²) in [7, 11) is -1.05. The highest BCUT2D eigenvalue weighted by molar-refractivity contribution is 14.1. The predicted molar refractivity (Wildman–Crippen MR) is 192 cm³/mol. The summed E-state index contributed by atoms with van der Waals surface area (Å²) in [6, 6.07) is 33.1. The fraction of sp³-hybridized carbons (Fsp3) is 0.0303. The molecule has 3 aromatic heterocycles. The lowest BCUT2D eigenvalue weighted by Gasteiger charge is -2.24. The second kappa shape index (κ2) is 14.5. The highest BCUT2D eigenvalue weighted by atomic mass is 127. The summed E-state index contributed by atoms with van der Waals surface area (Å²) in [5.74, 6) is 1.40. The number of thiol groups is 1. The van der Waals surface area contributed by atoms with E-state index in [0.29, 0.717) is 31.4 Å². The van der Waals surface area contributed by atoms with Gasteiger partial charge in [0.15, 0.2) is 11.3 Å². The molecule has 228 valence electrons. The minimum Gasteiger partial charge on any atom is -0.486 e. The van der Waals surface area contributed by atoms with Crippen LogP contribution in [0, 0.1) is 11.3 Å². The van der Waals surface area contributed by atoms with Gasteiger partial charge in [0, 0.05) is 0 Å². The molecular weight excluding hydrogens is 937 g/mol. The van der Waals surface area contributed by atoms with Crippen molar-refractivity contribution in [1.29, 1.82) is 0 Å². The first kappa shape index (κ1) is 31.7. The Bertz CT molecular complexity index is 1830. The quantitative estimate of drug-likeness (QED) is 0.0628. The molecule has 0 unspecified atom stereocenters. The average molecular weight is 958 g/mol. The lowest BCUT2D eigenvalue weighted by atomic mass is 10.3. The second-order valence-electron chi connectivity index (χ2n) is 9.30. The lowest BCUT2D eigenvalue weighted by Crippen LogP contribution is -2.07. The molecule has 0 aliphatic carbocycles. The summed E-state index contributed by atoms with van der Waals surface area (Å²) in [4.78, 5) is 28.1. The largest absolute Gasteiger partial charge is 0.486 e. The van der Waals surface area contributed by atoms with E-state index >= 15 is 0 Å². The SMILES string of the molecule is O=C(Oc1ccc([SH](c2ccc(OCc3ccc(I)o3)cc2)c2ccc(OC(=O)c3ccc(I)o3)cc2)cc1)c1ccc(I)o1. The minimum absolute atomic E-state index is 0.136. The average Bonchev–Trinajstić information content (AvgIpc) is 3.80. The van der Waals surface area contributed by atoms with E-state index in [0.717, 1.165) is 24.2 Å². The van der Waals surface area contributed by atoms with Crippen molar-refractivity contribution in [3.63, 3.8) is 0 Å². The molecule has 12 heteroatoms. The fourth-order valence-electron chi connectivity index (χ4n) is 4.21. The zero-order valence-corrected chi connectivity index (χ0v) is 30.3. The van der Waals surface area contributed by atoms with Crippen molar-refractivity contribution in [2.75, 3.05) is 0 Å². The van der Waals surface area contributed by atoms with Crippen LogP contribution in [0.25, 0.3) is 0 Å². The van der Waals surface area contributed by atoms with Gasteiger partial charge in [0.1, 0.15) is 29.6 Å². The van der Waals surface area contributed by atoms with Crippen LogP contribution in [0.1, 0.15) is 26.9 Å². The summed E-state index contributed by atoms with van der Waals surface area (Å²) in [6.07, 6.45) is 0. The van der Waals surface area contributed by atoms with Crippen molar-refractivity contribution in [3.8, 4) is 17.2 Å². The molecule has 6 aromatic rings. The Morgan fingerprint density at radius 1 is 0.511 bits per heavy atom. The third-order valence-corrected chi connectivity index (χ3v) is 10.4. The van der Waals surface area contributed by atoms with E-state index in [1.54, 1.807) is 48.5 Å². The smallest absolute Gasteiger partial charge is 0.379 e. The van der Waals surface area contributed by atoms with Crippen molar-refractivity contribution in [3.05, 3.63) is 138 Å². The number of carbonyl (C=O) groups is 2.